The van der Waals surface area contributed by atoms with Gasteiger partial charge < -0.3 is 5.32 Å². The number of tetrazole rings is 1. The average molecular weight is 361 g/mol. The first-order chi connectivity index (χ1) is 11.6. The number of halogens is 1. The minimum Gasteiger partial charge on any atom is -0.324 e. The molecule has 0 atom stereocenters. The molecule has 24 heavy (non-hydrogen) atoms. The van der Waals surface area contributed by atoms with Crippen molar-refractivity contribution in [3.63, 3.8) is 0 Å². The Morgan fingerprint density at radius 2 is 2.21 bits per heavy atom. The first kappa shape index (κ1) is 15.9. The number of carbonyl (C=O) groups excluding carboxylic acids is 1. The molecule has 0 radical (unpaired) electrons. The van der Waals surface area contributed by atoms with Crippen LogP contribution >= 0.6 is 22.9 Å². The van der Waals surface area contributed by atoms with E-state index >= 15 is 0 Å². The van der Waals surface area contributed by atoms with Crippen molar-refractivity contribution in [2.45, 2.75) is 6.54 Å². The molecule has 3 aromatic rings. The van der Waals surface area contributed by atoms with E-state index < -0.39 is 11.6 Å². The molecule has 0 bridgehead atoms. The number of anilines is 1. The van der Waals surface area contributed by atoms with Crippen LogP contribution in [-0.4, -0.2) is 25.7 Å². The largest absolute Gasteiger partial charge is 0.369 e. The molecule has 0 fully saturated rings. The molecule has 10 heteroatoms. The summed E-state index contributed by atoms with van der Waals surface area (Å²) >= 11 is 7.24. The van der Waals surface area contributed by atoms with E-state index in [1.54, 1.807) is 18.2 Å². The number of hydrogen-bond acceptors (Lipinski definition) is 6. The number of nitrogens with zero attached hydrogens (tertiary/aromatic N) is 5. The fraction of sp³-hybridized carbons (Fsp3) is 0.0714. The maximum atomic E-state index is 12.2. The van der Waals surface area contributed by atoms with Crippen LogP contribution in [-0.2, 0) is 11.3 Å². The second-order valence-corrected chi connectivity index (χ2v) is 5.97. The van der Waals surface area contributed by atoms with Gasteiger partial charge >= 0.3 is 5.69 Å². The smallest absolute Gasteiger partial charge is 0.324 e. The van der Waals surface area contributed by atoms with Crippen LogP contribution in [0.4, 0.5) is 5.69 Å². The molecule has 120 valence electrons. The maximum Gasteiger partial charge on any atom is 0.369 e. The quantitative estimate of drug-likeness (QED) is 0.761. The van der Waals surface area contributed by atoms with E-state index in [1.807, 2.05) is 11.4 Å². The normalized spacial score (nSPS) is 10.3. The third-order valence-corrected chi connectivity index (χ3v) is 4.18. The Bertz CT molecular complexity index is 986. The lowest BCUT2D eigenvalue weighted by atomic mass is 10.2. The zero-order valence-corrected chi connectivity index (χ0v) is 13.6. The van der Waals surface area contributed by atoms with E-state index in [9.17, 15) is 9.59 Å². The van der Waals surface area contributed by atoms with Gasteiger partial charge in [-0.05, 0) is 46.1 Å². The molecule has 1 aromatic carbocycles. The number of hydrogen-bond donors (Lipinski definition) is 1. The molecule has 0 aliphatic heterocycles. The van der Waals surface area contributed by atoms with Crippen LogP contribution in [0.3, 0.4) is 0 Å². The van der Waals surface area contributed by atoms with Crippen molar-refractivity contribution < 1.29 is 4.79 Å². The van der Waals surface area contributed by atoms with Crippen molar-refractivity contribution in [2.24, 2.45) is 0 Å². The van der Waals surface area contributed by atoms with Crippen molar-refractivity contribution in [3.8, 4) is 11.1 Å². The van der Waals surface area contributed by atoms with E-state index in [4.69, 9.17) is 16.9 Å². The predicted octanol–water partition coefficient (Wildman–Crippen LogP) is 1.65. The average Bonchev–Trinajstić information content (AvgIpc) is 3.18. The van der Waals surface area contributed by atoms with E-state index in [0.717, 1.165) is 9.36 Å². The van der Waals surface area contributed by atoms with Gasteiger partial charge in [0.15, 0.2) is 0 Å². The van der Waals surface area contributed by atoms with Crippen LogP contribution in [0, 0.1) is 11.3 Å². The van der Waals surface area contributed by atoms with Crippen LogP contribution in [0.15, 0.2) is 40.5 Å². The molecular weight excluding hydrogens is 352 g/mol. The molecule has 3 rings (SSSR count). The third kappa shape index (κ3) is 3.19. The van der Waals surface area contributed by atoms with Gasteiger partial charge in [-0.2, -0.15) is 14.6 Å². The Kier molecular flexibility index (Phi) is 4.41. The zero-order chi connectivity index (χ0) is 17.1. The van der Waals surface area contributed by atoms with Gasteiger partial charge in [0, 0.05) is 5.69 Å². The molecule has 0 unspecified atom stereocenters. The number of amides is 1. The van der Waals surface area contributed by atoms with E-state index in [2.05, 4.69) is 15.7 Å². The predicted molar refractivity (Wildman–Crippen MR) is 88.3 cm³/mol. The van der Waals surface area contributed by atoms with Gasteiger partial charge in [0.1, 0.15) is 17.6 Å². The van der Waals surface area contributed by atoms with Gasteiger partial charge in [-0.3, -0.25) is 4.79 Å². The van der Waals surface area contributed by atoms with Crippen LogP contribution in [0.2, 0.25) is 5.02 Å². The van der Waals surface area contributed by atoms with E-state index in [0.29, 0.717) is 16.3 Å². The van der Waals surface area contributed by atoms with Gasteiger partial charge in [0.05, 0.1) is 10.6 Å². The third-order valence-electron chi connectivity index (χ3n) is 3.02. The first-order valence-corrected chi connectivity index (χ1v) is 7.90. The molecular formula is C14H9ClN6O2S. The number of aromatic nitrogens is 4. The molecule has 1 amide bonds. The highest BCUT2D eigenvalue weighted by Crippen LogP contribution is 2.20. The lowest BCUT2D eigenvalue weighted by molar-refractivity contribution is -0.117. The Balaban J connectivity index is 1.73. The molecule has 2 heterocycles. The number of nitrogens with one attached hydrogen (secondary N) is 1. The molecule has 2 aromatic heterocycles. The number of benzene rings is 1. The summed E-state index contributed by atoms with van der Waals surface area (Å²) in [6.45, 7) is -0.290. The van der Waals surface area contributed by atoms with E-state index in [-0.39, 0.29) is 11.6 Å². The SMILES string of the molecule is N#Cc1ccc(NC(=O)Cn2nnn(-c3cccs3)c2=O)cc1Cl. The summed E-state index contributed by atoms with van der Waals surface area (Å²) in [6.07, 6.45) is 0. The topological polar surface area (TPSA) is 106 Å². The Labute approximate surface area is 144 Å². The number of nitriles is 1. The van der Waals surface area contributed by atoms with Crippen LogP contribution in [0.5, 0.6) is 0 Å². The first-order valence-electron chi connectivity index (χ1n) is 6.64. The highest BCUT2D eigenvalue weighted by Gasteiger charge is 2.13. The lowest BCUT2D eigenvalue weighted by Gasteiger charge is -2.05. The van der Waals surface area contributed by atoms with Gasteiger partial charge in [0.2, 0.25) is 5.91 Å². The molecule has 8 nitrogen and oxygen atoms in total. The molecule has 0 saturated carbocycles. The number of rotatable bonds is 4. The van der Waals surface area contributed by atoms with Crippen molar-refractivity contribution in [1.82, 2.24) is 19.8 Å². The van der Waals surface area contributed by atoms with Gasteiger partial charge in [-0.15, -0.1) is 11.3 Å². The summed E-state index contributed by atoms with van der Waals surface area (Å²) in [5.41, 5.74) is 0.220. The Morgan fingerprint density at radius 3 is 2.88 bits per heavy atom. The second-order valence-electron chi connectivity index (χ2n) is 4.64. The number of thiophene rings is 1. The Hall–Kier alpha value is -2.96. The number of carbonyl (C=O) groups is 1. The standard InChI is InChI=1S/C14H9ClN6O2S/c15-11-6-10(4-3-9(11)7-16)17-12(22)8-20-14(23)21(19-18-20)13-2-1-5-24-13/h1-6H,8H2,(H,17,22). The highest BCUT2D eigenvalue weighted by atomic mass is 35.5. The Morgan fingerprint density at radius 1 is 1.38 bits per heavy atom. The monoisotopic (exact) mass is 360 g/mol. The molecule has 0 spiro atoms. The summed E-state index contributed by atoms with van der Waals surface area (Å²) in [6, 6.07) is 9.95. The van der Waals surface area contributed by atoms with E-state index in [1.165, 1.54) is 23.5 Å². The van der Waals surface area contributed by atoms with Crippen molar-refractivity contribution in [2.75, 3.05) is 5.32 Å². The van der Waals surface area contributed by atoms with Gasteiger partial charge in [-0.25, -0.2) is 4.79 Å². The van der Waals surface area contributed by atoms with Gasteiger partial charge in [0.25, 0.3) is 0 Å². The zero-order valence-electron chi connectivity index (χ0n) is 12.0. The minimum absolute atomic E-state index is 0.233. The summed E-state index contributed by atoms with van der Waals surface area (Å²) in [5.74, 6) is -0.462. The molecule has 1 N–H and O–H groups in total. The fourth-order valence-corrected chi connectivity index (χ4v) is 2.81. The summed E-state index contributed by atoms with van der Waals surface area (Å²) in [4.78, 5) is 24.2. The summed E-state index contributed by atoms with van der Waals surface area (Å²) < 4.78 is 2.08. The summed E-state index contributed by atoms with van der Waals surface area (Å²) in [7, 11) is 0. The molecule has 0 aliphatic rings. The maximum absolute atomic E-state index is 12.2. The summed E-state index contributed by atoms with van der Waals surface area (Å²) in [5, 5.41) is 21.5. The minimum atomic E-state index is -0.509. The van der Waals surface area contributed by atoms with Crippen LogP contribution in [0.1, 0.15) is 5.56 Å². The van der Waals surface area contributed by atoms with Crippen molar-refractivity contribution in [3.05, 3.63) is 56.8 Å². The molecule has 0 aliphatic carbocycles. The van der Waals surface area contributed by atoms with Crippen LogP contribution in [0.25, 0.3) is 5.00 Å². The fourth-order valence-electron chi connectivity index (χ4n) is 1.92. The van der Waals surface area contributed by atoms with Gasteiger partial charge in [-0.1, -0.05) is 11.6 Å². The van der Waals surface area contributed by atoms with Crippen LogP contribution < -0.4 is 11.0 Å². The van der Waals surface area contributed by atoms with Crippen molar-refractivity contribution >= 4 is 34.5 Å². The second kappa shape index (κ2) is 6.66. The van der Waals surface area contributed by atoms with Crippen molar-refractivity contribution in [1.29, 1.82) is 5.26 Å². The highest BCUT2D eigenvalue weighted by molar-refractivity contribution is 7.12. The molecule has 0 saturated heterocycles. The lowest BCUT2D eigenvalue weighted by Crippen LogP contribution is -2.29.